The van der Waals surface area contributed by atoms with Crippen LogP contribution < -0.4 is 10.6 Å². The van der Waals surface area contributed by atoms with E-state index in [0.29, 0.717) is 24.6 Å². The molecule has 1 amide bonds. The number of nitrogens with zero attached hydrogens (tertiary/aromatic N) is 4. The molecule has 4 aliphatic rings. The van der Waals surface area contributed by atoms with E-state index in [2.05, 4.69) is 25.1 Å². The van der Waals surface area contributed by atoms with E-state index in [9.17, 15) is 4.79 Å². The van der Waals surface area contributed by atoms with Crippen LogP contribution in [0, 0.1) is 0 Å². The molecule has 6 rings (SSSR count). The lowest BCUT2D eigenvalue weighted by Gasteiger charge is -2.43. The fraction of sp³-hybridized carbons (Fsp3) is 0.708. The van der Waals surface area contributed by atoms with Crippen molar-refractivity contribution >= 4 is 22.9 Å². The maximum atomic E-state index is 12.6. The Morgan fingerprint density at radius 1 is 1.09 bits per heavy atom. The summed E-state index contributed by atoms with van der Waals surface area (Å²) in [5, 5.41) is 7.71. The lowest BCUT2D eigenvalue weighted by atomic mass is 9.80. The Hall–Kier alpha value is -2.19. The Bertz CT molecular complexity index is 984. The van der Waals surface area contributed by atoms with Crippen LogP contribution in [0.2, 0.25) is 0 Å². The summed E-state index contributed by atoms with van der Waals surface area (Å²) in [7, 11) is 0. The van der Waals surface area contributed by atoms with E-state index in [4.69, 9.17) is 9.72 Å². The van der Waals surface area contributed by atoms with Gasteiger partial charge in [0.1, 0.15) is 11.3 Å². The summed E-state index contributed by atoms with van der Waals surface area (Å²) in [4.78, 5) is 24.8. The number of ether oxygens (including phenoxy) is 1. The first-order valence-electron chi connectivity index (χ1n) is 12.5. The van der Waals surface area contributed by atoms with Gasteiger partial charge in [0, 0.05) is 43.3 Å². The topological polar surface area (TPSA) is 84.3 Å². The molecule has 2 aromatic rings. The number of hydrogen-bond acceptors (Lipinski definition) is 6. The molecule has 2 saturated carbocycles. The molecule has 0 bridgehead atoms. The van der Waals surface area contributed by atoms with E-state index < -0.39 is 0 Å². The first-order chi connectivity index (χ1) is 15.7. The van der Waals surface area contributed by atoms with Crippen LogP contribution in [0.3, 0.4) is 0 Å². The van der Waals surface area contributed by atoms with Gasteiger partial charge in [0.15, 0.2) is 0 Å². The minimum Gasteiger partial charge on any atom is -0.379 e. The maximum Gasteiger partial charge on any atom is 0.268 e. The Morgan fingerprint density at radius 2 is 1.88 bits per heavy atom. The molecule has 2 aliphatic heterocycles. The Balaban J connectivity index is 1.22. The van der Waals surface area contributed by atoms with Crippen LogP contribution in [0.25, 0.3) is 11.0 Å². The fourth-order valence-corrected chi connectivity index (χ4v) is 6.44. The highest BCUT2D eigenvalue weighted by atomic mass is 16.5. The minimum atomic E-state index is -0.0366. The number of amides is 1. The van der Waals surface area contributed by atoms with Gasteiger partial charge >= 0.3 is 0 Å². The van der Waals surface area contributed by atoms with Gasteiger partial charge in [-0.05, 0) is 44.6 Å². The molecule has 4 heterocycles. The van der Waals surface area contributed by atoms with Crippen molar-refractivity contribution in [1.29, 1.82) is 0 Å². The predicted molar refractivity (Wildman–Crippen MR) is 123 cm³/mol. The lowest BCUT2D eigenvalue weighted by Crippen LogP contribution is -2.52. The summed E-state index contributed by atoms with van der Waals surface area (Å²) in [6.07, 6.45) is 12.5. The monoisotopic (exact) mass is 438 g/mol. The zero-order chi connectivity index (χ0) is 21.5. The summed E-state index contributed by atoms with van der Waals surface area (Å²) >= 11 is 0. The Kier molecular flexibility index (Phi) is 5.30. The normalized spacial score (nSPS) is 28.4. The average molecular weight is 439 g/mol. The summed E-state index contributed by atoms with van der Waals surface area (Å²) < 4.78 is 7.76. The molecule has 8 nitrogen and oxygen atoms in total. The third-order valence-electron chi connectivity index (χ3n) is 8.20. The number of nitrogens with one attached hydrogen (secondary N) is 2. The average Bonchev–Trinajstić information content (AvgIpc) is 3.24. The maximum absolute atomic E-state index is 12.6. The van der Waals surface area contributed by atoms with Gasteiger partial charge < -0.3 is 19.9 Å². The van der Waals surface area contributed by atoms with Gasteiger partial charge in [-0.25, -0.2) is 4.98 Å². The SMILES string of the molecule is O=C1NCC2(CCCCC2)n2c1cc1cnc(NC3CCC(N4CCOCC4)CC3)nc12. The largest absolute Gasteiger partial charge is 0.379 e. The molecule has 32 heavy (non-hydrogen) atoms. The quantitative estimate of drug-likeness (QED) is 0.767. The van der Waals surface area contributed by atoms with Gasteiger partial charge in [-0.1, -0.05) is 19.3 Å². The fourth-order valence-electron chi connectivity index (χ4n) is 6.44. The van der Waals surface area contributed by atoms with E-state index in [1.165, 1.54) is 32.1 Å². The molecule has 172 valence electrons. The van der Waals surface area contributed by atoms with Crippen molar-refractivity contribution in [2.45, 2.75) is 75.4 Å². The summed E-state index contributed by atoms with van der Waals surface area (Å²) in [5.74, 6) is 0.709. The molecule has 1 saturated heterocycles. The number of carbonyl (C=O) groups excluding carboxylic acids is 1. The second-order valence-electron chi connectivity index (χ2n) is 10.1. The van der Waals surface area contributed by atoms with Gasteiger partial charge in [0.25, 0.3) is 5.91 Å². The first-order valence-corrected chi connectivity index (χ1v) is 12.5. The van der Waals surface area contributed by atoms with E-state index >= 15 is 0 Å². The molecule has 0 aromatic carbocycles. The number of morpholine rings is 1. The molecular formula is C24H34N6O2. The van der Waals surface area contributed by atoms with Crippen LogP contribution in [0.15, 0.2) is 12.3 Å². The van der Waals surface area contributed by atoms with Gasteiger partial charge in [0.2, 0.25) is 5.95 Å². The third kappa shape index (κ3) is 3.57. The third-order valence-corrected chi connectivity index (χ3v) is 8.20. The van der Waals surface area contributed by atoms with Crippen LogP contribution in [-0.4, -0.2) is 70.3 Å². The number of anilines is 1. The summed E-state index contributed by atoms with van der Waals surface area (Å²) in [6.45, 7) is 4.58. The van der Waals surface area contributed by atoms with Crippen molar-refractivity contribution in [1.82, 2.24) is 24.8 Å². The summed E-state index contributed by atoms with van der Waals surface area (Å²) in [6, 6.07) is 3.06. The van der Waals surface area contributed by atoms with Crippen molar-refractivity contribution in [3.05, 3.63) is 18.0 Å². The number of rotatable bonds is 3. The Morgan fingerprint density at radius 3 is 2.66 bits per heavy atom. The minimum absolute atomic E-state index is 0.00939. The molecule has 0 unspecified atom stereocenters. The highest BCUT2D eigenvalue weighted by Crippen LogP contribution is 2.40. The van der Waals surface area contributed by atoms with E-state index in [1.54, 1.807) is 0 Å². The number of hydrogen-bond donors (Lipinski definition) is 2. The standard InChI is InChI=1S/C24H34N6O2/c31-22-20-14-17-15-25-23(27-18-4-6-19(7-5-18)29-10-12-32-13-11-29)28-21(17)30(20)24(16-26-22)8-2-1-3-9-24/h14-15,18-19H,1-13,16H2,(H,26,31)(H,25,27,28). The van der Waals surface area contributed by atoms with E-state index in [1.807, 2.05) is 12.3 Å². The number of aromatic nitrogens is 3. The van der Waals surface area contributed by atoms with Crippen molar-refractivity contribution in [3.63, 3.8) is 0 Å². The zero-order valence-corrected chi connectivity index (χ0v) is 18.8. The summed E-state index contributed by atoms with van der Waals surface area (Å²) in [5.41, 5.74) is 1.62. The van der Waals surface area contributed by atoms with Crippen molar-refractivity contribution in [2.75, 3.05) is 38.2 Å². The van der Waals surface area contributed by atoms with Crippen LogP contribution in [0.4, 0.5) is 5.95 Å². The first kappa shape index (κ1) is 20.4. The molecule has 3 fully saturated rings. The van der Waals surface area contributed by atoms with Gasteiger partial charge in [0.05, 0.1) is 18.8 Å². The molecular weight excluding hydrogens is 404 g/mol. The molecule has 0 atom stereocenters. The van der Waals surface area contributed by atoms with Crippen LogP contribution in [0.5, 0.6) is 0 Å². The number of fused-ring (bicyclic) bond motifs is 4. The van der Waals surface area contributed by atoms with Crippen LogP contribution >= 0.6 is 0 Å². The highest BCUT2D eigenvalue weighted by Gasteiger charge is 2.41. The van der Waals surface area contributed by atoms with Crippen molar-refractivity contribution < 1.29 is 9.53 Å². The molecule has 2 aromatic heterocycles. The second-order valence-corrected chi connectivity index (χ2v) is 10.1. The second kappa shape index (κ2) is 8.30. The van der Waals surface area contributed by atoms with Gasteiger partial charge in [-0.3, -0.25) is 9.69 Å². The van der Waals surface area contributed by atoms with Crippen molar-refractivity contribution in [3.8, 4) is 0 Å². The van der Waals surface area contributed by atoms with Crippen LogP contribution in [0.1, 0.15) is 68.3 Å². The van der Waals surface area contributed by atoms with Crippen LogP contribution in [-0.2, 0) is 10.3 Å². The predicted octanol–water partition coefficient (Wildman–Crippen LogP) is 2.89. The number of carbonyl (C=O) groups is 1. The van der Waals surface area contributed by atoms with Crippen molar-refractivity contribution in [2.24, 2.45) is 0 Å². The molecule has 0 radical (unpaired) electrons. The zero-order valence-electron chi connectivity index (χ0n) is 18.8. The van der Waals surface area contributed by atoms with Gasteiger partial charge in [-0.15, -0.1) is 0 Å². The molecule has 2 N–H and O–H groups in total. The smallest absolute Gasteiger partial charge is 0.268 e. The Labute approximate surface area is 189 Å². The van der Waals surface area contributed by atoms with E-state index in [0.717, 1.165) is 68.7 Å². The van der Waals surface area contributed by atoms with Gasteiger partial charge in [-0.2, -0.15) is 4.98 Å². The van der Waals surface area contributed by atoms with E-state index in [-0.39, 0.29) is 11.4 Å². The lowest BCUT2D eigenvalue weighted by molar-refractivity contribution is 0.00790. The molecule has 8 heteroatoms. The molecule has 1 spiro atoms. The highest BCUT2D eigenvalue weighted by molar-refractivity contribution is 5.99. The molecule has 2 aliphatic carbocycles.